The predicted octanol–water partition coefficient (Wildman–Crippen LogP) is 4.46. The molecule has 4 nitrogen and oxygen atoms in total. The van der Waals surface area contributed by atoms with Gasteiger partial charge in [-0.3, -0.25) is 0 Å². The van der Waals surface area contributed by atoms with Crippen molar-refractivity contribution in [3.8, 4) is 5.75 Å². The molecule has 0 amide bonds. The van der Waals surface area contributed by atoms with E-state index >= 15 is 0 Å². The minimum Gasteiger partial charge on any atom is -0.487 e. The van der Waals surface area contributed by atoms with Crippen LogP contribution in [-0.4, -0.2) is 30.3 Å². The third-order valence-electron chi connectivity index (χ3n) is 5.55. The smallest absolute Gasteiger partial charge is 0.143 e. The number of anilines is 1. The summed E-state index contributed by atoms with van der Waals surface area (Å²) in [5, 5.41) is 14.5. The molecule has 2 N–H and O–H groups in total. The van der Waals surface area contributed by atoms with Crippen molar-refractivity contribution in [2.75, 3.05) is 18.0 Å². The quantitative estimate of drug-likeness (QED) is 0.708. The Morgan fingerprint density at radius 3 is 2.46 bits per heavy atom. The van der Waals surface area contributed by atoms with E-state index in [0.717, 1.165) is 48.5 Å². The SMILES string of the molecule is CCN(CC)c1c(OCc2ccccc2)ccc2c1CC[C@H](NC(C)C)[C@H]2O. The van der Waals surface area contributed by atoms with Crippen LogP contribution < -0.4 is 15.0 Å². The first-order valence-electron chi connectivity index (χ1n) is 10.6. The van der Waals surface area contributed by atoms with Crippen LogP contribution in [0.5, 0.6) is 5.75 Å². The van der Waals surface area contributed by atoms with Gasteiger partial charge in [-0.15, -0.1) is 0 Å². The highest BCUT2D eigenvalue weighted by Gasteiger charge is 2.31. The predicted molar refractivity (Wildman–Crippen MR) is 116 cm³/mol. The zero-order chi connectivity index (χ0) is 20.1. The highest BCUT2D eigenvalue weighted by atomic mass is 16.5. The summed E-state index contributed by atoms with van der Waals surface area (Å²) in [6, 6.07) is 14.8. The van der Waals surface area contributed by atoms with Gasteiger partial charge in [0.2, 0.25) is 0 Å². The number of aliphatic hydroxyl groups is 1. The van der Waals surface area contributed by atoms with Crippen LogP contribution in [0.2, 0.25) is 0 Å². The fourth-order valence-electron chi connectivity index (χ4n) is 4.19. The molecule has 0 unspecified atom stereocenters. The number of fused-ring (bicyclic) bond motifs is 1. The van der Waals surface area contributed by atoms with E-state index in [2.05, 4.69) is 56.1 Å². The molecule has 0 fully saturated rings. The standard InChI is InChI=1S/C24H34N2O2/c1-5-26(6-2)23-19-12-14-21(25-17(3)4)24(27)20(19)13-15-22(23)28-16-18-10-8-7-9-11-18/h7-11,13,15,17,21,24-25,27H,5-6,12,14,16H2,1-4H3/t21-,24-/m0/s1. The van der Waals surface area contributed by atoms with Gasteiger partial charge in [-0.05, 0) is 49.4 Å². The van der Waals surface area contributed by atoms with Crippen molar-refractivity contribution in [3.63, 3.8) is 0 Å². The van der Waals surface area contributed by atoms with Gasteiger partial charge in [-0.1, -0.05) is 50.2 Å². The largest absolute Gasteiger partial charge is 0.487 e. The third kappa shape index (κ3) is 4.50. The molecule has 152 valence electrons. The van der Waals surface area contributed by atoms with Crippen LogP contribution in [0.25, 0.3) is 0 Å². The van der Waals surface area contributed by atoms with Crippen LogP contribution in [0.4, 0.5) is 5.69 Å². The van der Waals surface area contributed by atoms with Crippen molar-refractivity contribution in [2.24, 2.45) is 0 Å². The maximum absolute atomic E-state index is 11.0. The lowest BCUT2D eigenvalue weighted by molar-refractivity contribution is 0.110. The lowest BCUT2D eigenvalue weighted by Gasteiger charge is -2.36. The Kier molecular flexibility index (Phi) is 6.97. The van der Waals surface area contributed by atoms with E-state index in [1.54, 1.807) is 0 Å². The summed E-state index contributed by atoms with van der Waals surface area (Å²) in [6.45, 7) is 11.0. The number of hydrogen-bond donors (Lipinski definition) is 2. The second kappa shape index (κ2) is 9.44. The highest BCUT2D eigenvalue weighted by molar-refractivity contribution is 5.67. The minimum absolute atomic E-state index is 0.105. The number of aliphatic hydroxyl groups excluding tert-OH is 1. The number of nitrogens with zero attached hydrogens (tertiary/aromatic N) is 1. The molecule has 2 aromatic rings. The van der Waals surface area contributed by atoms with Crippen molar-refractivity contribution in [3.05, 3.63) is 59.2 Å². The normalized spacial score (nSPS) is 18.8. The second-order valence-corrected chi connectivity index (χ2v) is 7.84. The summed E-state index contributed by atoms with van der Waals surface area (Å²) in [5.74, 6) is 0.911. The molecule has 4 heteroatoms. The molecule has 0 heterocycles. The van der Waals surface area contributed by atoms with E-state index < -0.39 is 6.10 Å². The maximum Gasteiger partial charge on any atom is 0.143 e. The van der Waals surface area contributed by atoms with Crippen molar-refractivity contribution in [2.45, 2.75) is 65.3 Å². The molecule has 0 bridgehead atoms. The Morgan fingerprint density at radius 1 is 1.11 bits per heavy atom. The number of ether oxygens (including phenoxy) is 1. The molecule has 2 atom stereocenters. The van der Waals surface area contributed by atoms with E-state index in [9.17, 15) is 5.11 Å². The molecule has 0 aromatic heterocycles. The van der Waals surface area contributed by atoms with Crippen molar-refractivity contribution >= 4 is 5.69 Å². The Labute approximate surface area is 169 Å². The van der Waals surface area contributed by atoms with Gasteiger partial charge in [-0.2, -0.15) is 0 Å². The summed E-state index contributed by atoms with van der Waals surface area (Å²) in [4.78, 5) is 2.35. The first kappa shape index (κ1) is 20.7. The summed E-state index contributed by atoms with van der Waals surface area (Å²) in [7, 11) is 0. The topological polar surface area (TPSA) is 44.7 Å². The summed E-state index contributed by atoms with van der Waals surface area (Å²) in [5.41, 5.74) is 4.59. The second-order valence-electron chi connectivity index (χ2n) is 7.84. The van der Waals surface area contributed by atoms with E-state index in [-0.39, 0.29) is 6.04 Å². The lowest BCUT2D eigenvalue weighted by Crippen LogP contribution is -2.42. The maximum atomic E-state index is 11.0. The molecule has 0 spiro atoms. The van der Waals surface area contributed by atoms with Gasteiger partial charge in [0.25, 0.3) is 0 Å². The van der Waals surface area contributed by atoms with Gasteiger partial charge < -0.3 is 20.1 Å². The van der Waals surface area contributed by atoms with Gasteiger partial charge in [-0.25, -0.2) is 0 Å². The van der Waals surface area contributed by atoms with Crippen LogP contribution >= 0.6 is 0 Å². The fourth-order valence-corrected chi connectivity index (χ4v) is 4.19. The number of rotatable bonds is 8. The van der Waals surface area contributed by atoms with E-state index in [1.165, 1.54) is 5.56 Å². The molecule has 0 saturated carbocycles. The number of hydrogen-bond acceptors (Lipinski definition) is 4. The van der Waals surface area contributed by atoms with Gasteiger partial charge >= 0.3 is 0 Å². The van der Waals surface area contributed by atoms with Gasteiger partial charge in [0.15, 0.2) is 0 Å². The number of benzene rings is 2. The van der Waals surface area contributed by atoms with Gasteiger partial charge in [0, 0.05) is 25.2 Å². The first-order chi connectivity index (χ1) is 13.5. The van der Waals surface area contributed by atoms with E-state index in [0.29, 0.717) is 12.6 Å². The monoisotopic (exact) mass is 382 g/mol. The van der Waals surface area contributed by atoms with Crippen molar-refractivity contribution in [1.29, 1.82) is 0 Å². The molecule has 0 aliphatic heterocycles. The molecule has 3 rings (SSSR count). The molecule has 1 aliphatic rings. The zero-order valence-electron chi connectivity index (χ0n) is 17.6. The van der Waals surface area contributed by atoms with E-state index in [4.69, 9.17) is 4.74 Å². The molecule has 28 heavy (non-hydrogen) atoms. The fraction of sp³-hybridized carbons (Fsp3) is 0.500. The first-order valence-corrected chi connectivity index (χ1v) is 10.6. The van der Waals surface area contributed by atoms with Crippen LogP contribution in [-0.2, 0) is 13.0 Å². The van der Waals surface area contributed by atoms with Crippen LogP contribution in [0.1, 0.15) is 56.9 Å². The van der Waals surface area contributed by atoms with Gasteiger partial charge in [0.05, 0.1) is 11.8 Å². The Hall–Kier alpha value is -2.04. The molecular weight excluding hydrogens is 348 g/mol. The summed E-state index contributed by atoms with van der Waals surface area (Å²) < 4.78 is 6.26. The van der Waals surface area contributed by atoms with Crippen LogP contribution in [0.15, 0.2) is 42.5 Å². The van der Waals surface area contributed by atoms with Crippen LogP contribution in [0.3, 0.4) is 0 Å². The molecular formula is C24H34N2O2. The van der Waals surface area contributed by atoms with Crippen molar-refractivity contribution < 1.29 is 9.84 Å². The van der Waals surface area contributed by atoms with Gasteiger partial charge in [0.1, 0.15) is 12.4 Å². The molecule has 0 radical (unpaired) electrons. The zero-order valence-corrected chi connectivity index (χ0v) is 17.6. The van der Waals surface area contributed by atoms with Crippen molar-refractivity contribution in [1.82, 2.24) is 5.32 Å². The highest BCUT2D eigenvalue weighted by Crippen LogP contribution is 2.42. The summed E-state index contributed by atoms with van der Waals surface area (Å²) >= 11 is 0. The van der Waals surface area contributed by atoms with E-state index in [1.807, 2.05) is 24.3 Å². The molecule has 2 aromatic carbocycles. The molecule has 1 aliphatic carbocycles. The Balaban J connectivity index is 1.93. The van der Waals surface area contributed by atoms with Crippen LogP contribution in [0, 0.1) is 0 Å². The lowest BCUT2D eigenvalue weighted by atomic mass is 9.84. The summed E-state index contributed by atoms with van der Waals surface area (Å²) in [6.07, 6.45) is 1.40. The average molecular weight is 383 g/mol. The molecule has 0 saturated heterocycles. The minimum atomic E-state index is -0.483. The average Bonchev–Trinajstić information content (AvgIpc) is 2.70. The Bertz CT molecular complexity index is 757. The Morgan fingerprint density at radius 2 is 1.82 bits per heavy atom. The number of nitrogens with one attached hydrogen (secondary N) is 1. The third-order valence-corrected chi connectivity index (χ3v) is 5.55.